The number of anilines is 1. The fraction of sp³-hybridized carbons (Fsp3) is 0.750. The number of ether oxygens (including phenoxy) is 1. The van der Waals surface area contributed by atoms with Gasteiger partial charge in [-0.25, -0.2) is 9.97 Å². The summed E-state index contributed by atoms with van der Waals surface area (Å²) in [6.07, 6.45) is 11.4. The highest BCUT2D eigenvalue weighted by molar-refractivity contribution is 5.97. The van der Waals surface area contributed by atoms with E-state index in [2.05, 4.69) is 15.3 Å². The molecule has 0 aromatic carbocycles. The number of primary amides is 1. The zero-order valence-corrected chi connectivity index (χ0v) is 16.2. The Morgan fingerprint density at radius 2 is 2.07 bits per heavy atom. The first-order valence-corrected chi connectivity index (χ1v) is 10.2. The molecule has 0 saturated heterocycles. The van der Waals surface area contributed by atoms with E-state index in [1.807, 2.05) is 0 Å². The summed E-state index contributed by atoms with van der Waals surface area (Å²) in [5, 5.41) is 13.2. The number of aliphatic hydroxyl groups excluding tert-OH is 1. The molecule has 4 N–H and O–H groups in total. The smallest absolute Gasteiger partial charge is 0.254 e. The summed E-state index contributed by atoms with van der Waals surface area (Å²) < 4.78 is 5.51. The Kier molecular flexibility index (Phi) is 7.01. The molecule has 1 heterocycles. The number of nitrogens with one attached hydrogen (secondary N) is 1. The van der Waals surface area contributed by atoms with Crippen LogP contribution < -0.4 is 11.1 Å². The van der Waals surface area contributed by atoms with Crippen molar-refractivity contribution in [3.05, 3.63) is 17.6 Å². The maximum atomic E-state index is 11.8. The molecule has 1 aromatic rings. The van der Waals surface area contributed by atoms with Crippen LogP contribution in [-0.4, -0.2) is 46.3 Å². The van der Waals surface area contributed by atoms with Gasteiger partial charge in [-0.2, -0.15) is 0 Å². The molecule has 2 aliphatic carbocycles. The van der Waals surface area contributed by atoms with Crippen molar-refractivity contribution in [3.8, 4) is 0 Å². The molecular formula is C20H32N4O3. The summed E-state index contributed by atoms with van der Waals surface area (Å²) in [7, 11) is 1.79. The second-order valence-corrected chi connectivity index (χ2v) is 8.01. The number of aliphatic hydroxyl groups is 1. The molecule has 150 valence electrons. The molecule has 0 spiro atoms. The van der Waals surface area contributed by atoms with Crippen LogP contribution in [0.1, 0.15) is 74.0 Å². The summed E-state index contributed by atoms with van der Waals surface area (Å²) in [5.74, 6) is 1.27. The van der Waals surface area contributed by atoms with Crippen molar-refractivity contribution >= 4 is 11.7 Å². The third-order valence-electron chi connectivity index (χ3n) is 5.93. The van der Waals surface area contributed by atoms with Gasteiger partial charge in [-0.15, -0.1) is 0 Å². The van der Waals surface area contributed by atoms with Crippen LogP contribution in [0.25, 0.3) is 0 Å². The van der Waals surface area contributed by atoms with E-state index in [1.54, 1.807) is 13.3 Å². The van der Waals surface area contributed by atoms with Crippen molar-refractivity contribution in [2.45, 2.75) is 82.5 Å². The number of amides is 1. The normalized spacial score (nSPS) is 29.1. The van der Waals surface area contributed by atoms with Gasteiger partial charge in [0.15, 0.2) is 0 Å². The number of hydrogen-bond acceptors (Lipinski definition) is 6. The lowest BCUT2D eigenvalue weighted by Gasteiger charge is -2.27. The second kappa shape index (κ2) is 9.46. The Balaban J connectivity index is 1.70. The third-order valence-corrected chi connectivity index (χ3v) is 5.93. The van der Waals surface area contributed by atoms with Gasteiger partial charge in [0.25, 0.3) is 5.91 Å². The van der Waals surface area contributed by atoms with Crippen LogP contribution in [0.2, 0.25) is 0 Å². The topological polar surface area (TPSA) is 110 Å². The van der Waals surface area contributed by atoms with Gasteiger partial charge in [0, 0.05) is 25.8 Å². The summed E-state index contributed by atoms with van der Waals surface area (Å²) >= 11 is 0. The third kappa shape index (κ3) is 5.62. The maximum absolute atomic E-state index is 11.8. The first kappa shape index (κ1) is 20.0. The molecule has 1 amide bonds. The SMILES string of the molecule is CO[C@H]1CCC[C@H](Cc2ncc(C(N)=O)c(N[C@@H]3CCCC(O)C3)n2)CC1. The Morgan fingerprint density at radius 3 is 2.81 bits per heavy atom. The van der Waals surface area contributed by atoms with Gasteiger partial charge >= 0.3 is 0 Å². The van der Waals surface area contributed by atoms with Crippen LogP contribution in [-0.2, 0) is 11.2 Å². The number of nitrogens with two attached hydrogens (primary N) is 1. The first-order valence-electron chi connectivity index (χ1n) is 10.2. The molecule has 7 heteroatoms. The van der Waals surface area contributed by atoms with Crippen molar-refractivity contribution < 1.29 is 14.6 Å². The van der Waals surface area contributed by atoms with E-state index >= 15 is 0 Å². The average Bonchev–Trinajstić information content (AvgIpc) is 2.87. The largest absolute Gasteiger partial charge is 0.393 e. The van der Waals surface area contributed by atoms with Crippen LogP contribution in [0.15, 0.2) is 6.20 Å². The van der Waals surface area contributed by atoms with E-state index in [4.69, 9.17) is 10.5 Å². The number of carbonyl (C=O) groups is 1. The summed E-state index contributed by atoms with van der Waals surface area (Å²) in [4.78, 5) is 20.8. The molecule has 2 fully saturated rings. The molecule has 0 bridgehead atoms. The molecule has 1 aromatic heterocycles. The van der Waals surface area contributed by atoms with Gasteiger partial charge < -0.3 is 20.9 Å². The highest BCUT2D eigenvalue weighted by Crippen LogP contribution is 2.28. The van der Waals surface area contributed by atoms with Crippen LogP contribution in [0, 0.1) is 5.92 Å². The van der Waals surface area contributed by atoms with Crippen LogP contribution in [0.3, 0.4) is 0 Å². The predicted molar refractivity (Wildman–Crippen MR) is 104 cm³/mol. The van der Waals surface area contributed by atoms with Gasteiger partial charge in [-0.05, 0) is 57.3 Å². The van der Waals surface area contributed by atoms with E-state index in [0.717, 1.165) is 63.6 Å². The van der Waals surface area contributed by atoms with Crippen LogP contribution in [0.4, 0.5) is 5.82 Å². The van der Waals surface area contributed by atoms with E-state index in [-0.39, 0.29) is 12.1 Å². The van der Waals surface area contributed by atoms with E-state index in [9.17, 15) is 9.90 Å². The van der Waals surface area contributed by atoms with Gasteiger partial charge in [0.05, 0.1) is 17.8 Å². The fourth-order valence-corrected chi connectivity index (χ4v) is 4.34. The van der Waals surface area contributed by atoms with Crippen molar-refractivity contribution in [2.24, 2.45) is 11.7 Å². The van der Waals surface area contributed by atoms with Crippen molar-refractivity contribution in [2.75, 3.05) is 12.4 Å². The molecule has 7 nitrogen and oxygen atoms in total. The van der Waals surface area contributed by atoms with E-state index < -0.39 is 5.91 Å². The molecule has 3 rings (SSSR count). The zero-order chi connectivity index (χ0) is 19.2. The van der Waals surface area contributed by atoms with E-state index in [0.29, 0.717) is 29.8 Å². The molecule has 4 atom stereocenters. The van der Waals surface area contributed by atoms with Crippen LogP contribution >= 0.6 is 0 Å². The minimum atomic E-state index is -0.530. The minimum absolute atomic E-state index is 0.106. The van der Waals surface area contributed by atoms with Gasteiger partial charge in [-0.3, -0.25) is 4.79 Å². The molecule has 2 saturated carbocycles. The standard InChI is InChI=1S/C20H32N4O3/c1-27-16-7-2-4-13(8-9-16)10-18-22-12-17(19(21)26)20(24-18)23-14-5-3-6-15(25)11-14/h12-16,25H,2-11H2,1H3,(H2,21,26)(H,22,23,24)/t13-,14+,15?,16-/m0/s1. The van der Waals surface area contributed by atoms with Gasteiger partial charge in [-0.1, -0.05) is 6.42 Å². The summed E-state index contributed by atoms with van der Waals surface area (Å²) in [6, 6.07) is 0.106. The van der Waals surface area contributed by atoms with Gasteiger partial charge in [0.2, 0.25) is 0 Å². The zero-order valence-electron chi connectivity index (χ0n) is 16.2. The Labute approximate surface area is 161 Å². The van der Waals surface area contributed by atoms with Crippen LogP contribution in [0.5, 0.6) is 0 Å². The lowest BCUT2D eigenvalue weighted by molar-refractivity contribution is 0.0890. The second-order valence-electron chi connectivity index (χ2n) is 8.01. The van der Waals surface area contributed by atoms with Crippen molar-refractivity contribution in [1.29, 1.82) is 0 Å². The lowest BCUT2D eigenvalue weighted by atomic mass is 9.93. The molecule has 1 unspecified atom stereocenters. The van der Waals surface area contributed by atoms with Crippen molar-refractivity contribution in [3.63, 3.8) is 0 Å². The monoisotopic (exact) mass is 376 g/mol. The molecule has 2 aliphatic rings. The maximum Gasteiger partial charge on any atom is 0.254 e. The Morgan fingerprint density at radius 1 is 1.26 bits per heavy atom. The predicted octanol–water partition coefficient (Wildman–Crippen LogP) is 2.43. The van der Waals surface area contributed by atoms with Crippen molar-refractivity contribution in [1.82, 2.24) is 9.97 Å². The number of nitrogens with zero attached hydrogens (tertiary/aromatic N) is 2. The average molecular weight is 377 g/mol. The highest BCUT2D eigenvalue weighted by atomic mass is 16.5. The molecular weight excluding hydrogens is 344 g/mol. The van der Waals surface area contributed by atoms with Gasteiger partial charge in [0.1, 0.15) is 11.6 Å². The molecule has 0 radical (unpaired) electrons. The number of rotatable bonds is 6. The lowest BCUT2D eigenvalue weighted by Crippen LogP contribution is -2.31. The minimum Gasteiger partial charge on any atom is -0.393 e. The number of hydrogen-bond donors (Lipinski definition) is 3. The summed E-state index contributed by atoms with van der Waals surface area (Å²) in [6.45, 7) is 0. The number of aromatic nitrogens is 2. The first-order chi connectivity index (χ1) is 13.0. The molecule has 27 heavy (non-hydrogen) atoms. The number of carbonyl (C=O) groups excluding carboxylic acids is 1. The fourth-order valence-electron chi connectivity index (χ4n) is 4.34. The van der Waals surface area contributed by atoms with E-state index in [1.165, 1.54) is 0 Å². The quantitative estimate of drug-likeness (QED) is 0.658. The highest BCUT2D eigenvalue weighted by Gasteiger charge is 2.24. The Bertz CT molecular complexity index is 640. The number of methoxy groups -OCH3 is 1. The molecule has 0 aliphatic heterocycles. The Hall–Kier alpha value is -1.73. The summed E-state index contributed by atoms with van der Waals surface area (Å²) in [5.41, 5.74) is 5.83.